The molecule has 2 rings (SSSR count). The van der Waals surface area contributed by atoms with Gasteiger partial charge >= 0.3 is 0 Å². The van der Waals surface area contributed by atoms with Gasteiger partial charge < -0.3 is 10.4 Å². The van der Waals surface area contributed by atoms with Gasteiger partial charge in [-0.2, -0.15) is 0 Å². The summed E-state index contributed by atoms with van der Waals surface area (Å²) in [5.74, 6) is -1.11. The smallest absolute Gasteiger partial charge is 0.149 e. The molecule has 2 aromatic rings. The van der Waals surface area contributed by atoms with E-state index in [4.69, 9.17) is 0 Å². The first kappa shape index (κ1) is 13.8. The van der Waals surface area contributed by atoms with Crippen molar-refractivity contribution < 1.29 is 13.9 Å². The predicted molar refractivity (Wildman–Crippen MR) is 74.2 cm³/mol. The van der Waals surface area contributed by atoms with Gasteiger partial charge in [0.05, 0.1) is 10.2 Å². The SMILES string of the molecule is CC(Nc1cc(Br)c(F)cc1F)c1ccc(O)cc1. The number of anilines is 1. The Morgan fingerprint density at radius 1 is 1.11 bits per heavy atom. The molecule has 0 aromatic heterocycles. The van der Waals surface area contributed by atoms with E-state index in [-0.39, 0.29) is 22.0 Å². The van der Waals surface area contributed by atoms with Gasteiger partial charge in [0, 0.05) is 12.1 Å². The Labute approximate surface area is 118 Å². The van der Waals surface area contributed by atoms with Crippen molar-refractivity contribution in [1.82, 2.24) is 0 Å². The molecule has 1 unspecified atom stereocenters. The molecule has 0 aliphatic carbocycles. The van der Waals surface area contributed by atoms with Gasteiger partial charge in [-0.05, 0) is 46.6 Å². The molecule has 0 radical (unpaired) electrons. The molecule has 0 spiro atoms. The number of rotatable bonds is 3. The first-order valence-electron chi connectivity index (χ1n) is 5.67. The van der Waals surface area contributed by atoms with Crippen LogP contribution in [0.25, 0.3) is 0 Å². The fourth-order valence-electron chi connectivity index (χ4n) is 1.71. The molecule has 2 N–H and O–H groups in total. The van der Waals surface area contributed by atoms with Gasteiger partial charge in [-0.25, -0.2) is 8.78 Å². The van der Waals surface area contributed by atoms with Crippen molar-refractivity contribution in [1.29, 1.82) is 0 Å². The Morgan fingerprint density at radius 3 is 2.37 bits per heavy atom. The summed E-state index contributed by atoms with van der Waals surface area (Å²) >= 11 is 3.02. The molecular weight excluding hydrogens is 316 g/mol. The molecule has 0 aliphatic rings. The lowest BCUT2D eigenvalue weighted by Gasteiger charge is -2.16. The van der Waals surface area contributed by atoms with Crippen LogP contribution in [0.5, 0.6) is 5.75 Å². The second-order valence-electron chi connectivity index (χ2n) is 4.20. The molecule has 5 heteroatoms. The molecule has 2 aromatic carbocycles. The maximum atomic E-state index is 13.6. The second-order valence-corrected chi connectivity index (χ2v) is 5.06. The van der Waals surface area contributed by atoms with Crippen LogP contribution < -0.4 is 5.32 Å². The van der Waals surface area contributed by atoms with E-state index in [2.05, 4.69) is 21.2 Å². The zero-order chi connectivity index (χ0) is 14.0. The molecule has 0 saturated carbocycles. The molecule has 0 aliphatic heterocycles. The molecule has 0 saturated heterocycles. The number of phenols is 1. The summed E-state index contributed by atoms with van der Waals surface area (Å²) in [5, 5.41) is 12.2. The third-order valence-electron chi connectivity index (χ3n) is 2.78. The molecule has 2 nitrogen and oxygen atoms in total. The Hall–Kier alpha value is -1.62. The van der Waals surface area contributed by atoms with Crippen LogP contribution in [0.1, 0.15) is 18.5 Å². The average molecular weight is 328 g/mol. The molecule has 0 amide bonds. The van der Waals surface area contributed by atoms with Gasteiger partial charge in [0.15, 0.2) is 0 Å². The van der Waals surface area contributed by atoms with E-state index in [0.717, 1.165) is 11.6 Å². The fourth-order valence-corrected chi connectivity index (χ4v) is 2.06. The summed E-state index contributed by atoms with van der Waals surface area (Å²) in [6, 6.07) is 8.62. The Balaban J connectivity index is 2.21. The molecular formula is C14H12BrF2NO. The number of hydrogen-bond donors (Lipinski definition) is 2. The van der Waals surface area contributed by atoms with E-state index in [9.17, 15) is 13.9 Å². The van der Waals surface area contributed by atoms with Crippen molar-refractivity contribution in [2.24, 2.45) is 0 Å². The Kier molecular flexibility index (Phi) is 4.04. The Bertz CT molecular complexity index is 587. The summed E-state index contributed by atoms with van der Waals surface area (Å²) in [6.45, 7) is 1.85. The van der Waals surface area contributed by atoms with Crippen LogP contribution in [-0.2, 0) is 0 Å². The van der Waals surface area contributed by atoms with Crippen LogP contribution in [0, 0.1) is 11.6 Å². The molecule has 19 heavy (non-hydrogen) atoms. The lowest BCUT2D eigenvalue weighted by Crippen LogP contribution is -2.08. The lowest BCUT2D eigenvalue weighted by atomic mass is 10.1. The monoisotopic (exact) mass is 327 g/mol. The highest BCUT2D eigenvalue weighted by atomic mass is 79.9. The zero-order valence-corrected chi connectivity index (χ0v) is 11.7. The summed E-state index contributed by atoms with van der Waals surface area (Å²) in [7, 11) is 0. The maximum Gasteiger partial charge on any atom is 0.149 e. The highest BCUT2D eigenvalue weighted by Gasteiger charge is 2.11. The molecule has 0 fully saturated rings. The van der Waals surface area contributed by atoms with E-state index in [1.807, 2.05) is 6.92 Å². The summed E-state index contributed by atoms with van der Waals surface area (Å²) in [5.41, 5.74) is 1.10. The van der Waals surface area contributed by atoms with Crippen LogP contribution in [0.2, 0.25) is 0 Å². The molecule has 0 bridgehead atoms. The number of benzene rings is 2. The quantitative estimate of drug-likeness (QED) is 0.807. The average Bonchev–Trinajstić information content (AvgIpc) is 2.36. The number of aromatic hydroxyl groups is 1. The van der Waals surface area contributed by atoms with Crippen LogP contribution in [0.3, 0.4) is 0 Å². The standard InChI is InChI=1S/C14H12BrF2NO/c1-8(9-2-4-10(19)5-3-9)18-14-6-11(15)12(16)7-13(14)17/h2-8,18-19H,1H3. The highest BCUT2D eigenvalue weighted by Crippen LogP contribution is 2.27. The first-order valence-corrected chi connectivity index (χ1v) is 6.46. The minimum absolute atomic E-state index is 0.173. The largest absolute Gasteiger partial charge is 0.508 e. The number of phenolic OH excluding ortho intramolecular Hbond substituents is 1. The minimum atomic E-state index is -0.647. The van der Waals surface area contributed by atoms with Gasteiger partial charge in [0.1, 0.15) is 17.4 Å². The van der Waals surface area contributed by atoms with E-state index in [1.54, 1.807) is 24.3 Å². The third-order valence-corrected chi connectivity index (χ3v) is 3.38. The summed E-state index contributed by atoms with van der Waals surface area (Å²) in [6.07, 6.45) is 0. The summed E-state index contributed by atoms with van der Waals surface area (Å²) < 4.78 is 26.9. The van der Waals surface area contributed by atoms with E-state index >= 15 is 0 Å². The van der Waals surface area contributed by atoms with Crippen LogP contribution >= 0.6 is 15.9 Å². The van der Waals surface area contributed by atoms with E-state index in [1.165, 1.54) is 6.07 Å². The summed E-state index contributed by atoms with van der Waals surface area (Å²) in [4.78, 5) is 0. The normalized spacial score (nSPS) is 12.2. The van der Waals surface area contributed by atoms with Crippen molar-refractivity contribution in [3.8, 4) is 5.75 Å². The second kappa shape index (κ2) is 5.57. The van der Waals surface area contributed by atoms with Crippen molar-refractivity contribution >= 4 is 21.6 Å². The van der Waals surface area contributed by atoms with Crippen LogP contribution in [-0.4, -0.2) is 5.11 Å². The van der Waals surface area contributed by atoms with Crippen molar-refractivity contribution in [3.63, 3.8) is 0 Å². The number of halogens is 3. The minimum Gasteiger partial charge on any atom is -0.508 e. The molecule has 1 atom stereocenters. The van der Waals surface area contributed by atoms with Gasteiger partial charge in [0.2, 0.25) is 0 Å². The fraction of sp³-hybridized carbons (Fsp3) is 0.143. The zero-order valence-electron chi connectivity index (χ0n) is 10.1. The highest BCUT2D eigenvalue weighted by molar-refractivity contribution is 9.10. The van der Waals surface area contributed by atoms with E-state index in [0.29, 0.717) is 0 Å². The molecule has 100 valence electrons. The third kappa shape index (κ3) is 3.23. The van der Waals surface area contributed by atoms with Crippen molar-refractivity contribution in [3.05, 3.63) is 58.1 Å². The van der Waals surface area contributed by atoms with Gasteiger partial charge in [-0.3, -0.25) is 0 Å². The number of nitrogens with one attached hydrogen (secondary N) is 1. The first-order chi connectivity index (χ1) is 8.97. The maximum absolute atomic E-state index is 13.6. The van der Waals surface area contributed by atoms with Crippen LogP contribution in [0.4, 0.5) is 14.5 Å². The van der Waals surface area contributed by atoms with Gasteiger partial charge in [-0.1, -0.05) is 12.1 Å². The van der Waals surface area contributed by atoms with Gasteiger partial charge in [-0.15, -0.1) is 0 Å². The van der Waals surface area contributed by atoms with Gasteiger partial charge in [0.25, 0.3) is 0 Å². The molecule has 0 heterocycles. The lowest BCUT2D eigenvalue weighted by molar-refractivity contribution is 0.475. The number of hydrogen-bond acceptors (Lipinski definition) is 2. The Morgan fingerprint density at radius 2 is 1.74 bits per heavy atom. The predicted octanol–water partition coefficient (Wildman–Crippen LogP) is 4.61. The van der Waals surface area contributed by atoms with E-state index < -0.39 is 11.6 Å². The van der Waals surface area contributed by atoms with Crippen molar-refractivity contribution in [2.75, 3.05) is 5.32 Å². The topological polar surface area (TPSA) is 32.3 Å². The van der Waals surface area contributed by atoms with Crippen molar-refractivity contribution in [2.45, 2.75) is 13.0 Å². The van der Waals surface area contributed by atoms with Crippen LogP contribution in [0.15, 0.2) is 40.9 Å².